The minimum absolute atomic E-state index is 0.0741. The first kappa shape index (κ1) is 20.7. The lowest BCUT2D eigenvalue weighted by atomic mass is 10.0. The number of benzene rings is 2. The van der Waals surface area contributed by atoms with Gasteiger partial charge < -0.3 is 9.47 Å². The number of amides is 4. The molecule has 2 aromatic rings. The molecule has 0 spiro atoms. The van der Waals surface area contributed by atoms with E-state index in [0.29, 0.717) is 22.7 Å². The standard InChI is InChI=1S/C23H20N2O5/c1-5-10-30-19-9-7-16(13-20(19)29-4)12-17-21(26)24-23(28)25(22(17)27)18-8-6-14(2)11-15(18)3/h1,6-9,11-13H,10H2,2-4H3,(H,24,26,28)/b17-12+. The molecule has 4 amide bonds. The number of carbonyl (C=O) groups excluding carboxylic acids is 3. The van der Waals surface area contributed by atoms with Crippen molar-refractivity contribution in [2.24, 2.45) is 0 Å². The topological polar surface area (TPSA) is 84.9 Å². The third-order valence-corrected chi connectivity index (χ3v) is 4.50. The van der Waals surface area contributed by atoms with Crippen molar-refractivity contribution in [3.8, 4) is 23.8 Å². The van der Waals surface area contributed by atoms with Crippen LogP contribution >= 0.6 is 0 Å². The molecule has 1 aliphatic rings. The molecule has 1 heterocycles. The highest BCUT2D eigenvalue weighted by molar-refractivity contribution is 6.39. The van der Waals surface area contributed by atoms with Crippen molar-refractivity contribution in [2.75, 3.05) is 18.6 Å². The lowest BCUT2D eigenvalue weighted by Gasteiger charge is -2.27. The number of nitrogens with zero attached hydrogens (tertiary/aromatic N) is 1. The molecule has 152 valence electrons. The number of hydrogen-bond donors (Lipinski definition) is 1. The van der Waals surface area contributed by atoms with Gasteiger partial charge in [0.2, 0.25) is 0 Å². The number of aryl methyl sites for hydroxylation is 2. The molecular weight excluding hydrogens is 384 g/mol. The second kappa shape index (κ2) is 8.53. The van der Waals surface area contributed by atoms with Crippen molar-refractivity contribution in [1.29, 1.82) is 0 Å². The zero-order valence-corrected chi connectivity index (χ0v) is 16.8. The predicted octanol–water partition coefficient (Wildman–Crippen LogP) is 2.99. The molecule has 7 nitrogen and oxygen atoms in total. The van der Waals surface area contributed by atoms with E-state index in [1.54, 1.807) is 37.3 Å². The summed E-state index contributed by atoms with van der Waals surface area (Å²) in [4.78, 5) is 38.8. The summed E-state index contributed by atoms with van der Waals surface area (Å²) in [5, 5.41) is 2.22. The van der Waals surface area contributed by atoms with Gasteiger partial charge in [0.15, 0.2) is 11.5 Å². The Morgan fingerprint density at radius 2 is 1.87 bits per heavy atom. The van der Waals surface area contributed by atoms with Gasteiger partial charge in [-0.2, -0.15) is 0 Å². The normalized spacial score (nSPS) is 15.1. The van der Waals surface area contributed by atoms with Crippen molar-refractivity contribution >= 4 is 29.6 Å². The molecule has 0 radical (unpaired) electrons. The van der Waals surface area contributed by atoms with Crippen LogP contribution in [0.2, 0.25) is 0 Å². The van der Waals surface area contributed by atoms with Crippen LogP contribution in [0.1, 0.15) is 16.7 Å². The summed E-state index contributed by atoms with van der Waals surface area (Å²) in [5.41, 5.74) is 2.50. The largest absolute Gasteiger partial charge is 0.493 e. The zero-order valence-electron chi connectivity index (χ0n) is 16.8. The van der Waals surface area contributed by atoms with Crippen LogP contribution in [0.4, 0.5) is 10.5 Å². The highest BCUT2D eigenvalue weighted by Gasteiger charge is 2.37. The summed E-state index contributed by atoms with van der Waals surface area (Å²) in [6.07, 6.45) is 6.60. The smallest absolute Gasteiger partial charge is 0.335 e. The van der Waals surface area contributed by atoms with Crippen LogP contribution in [-0.2, 0) is 9.59 Å². The maximum Gasteiger partial charge on any atom is 0.335 e. The van der Waals surface area contributed by atoms with E-state index in [2.05, 4.69) is 11.2 Å². The maximum absolute atomic E-state index is 13.0. The van der Waals surface area contributed by atoms with E-state index in [0.717, 1.165) is 16.0 Å². The lowest BCUT2D eigenvalue weighted by molar-refractivity contribution is -0.122. The van der Waals surface area contributed by atoms with Crippen molar-refractivity contribution in [2.45, 2.75) is 13.8 Å². The molecule has 2 aromatic carbocycles. The quantitative estimate of drug-likeness (QED) is 0.471. The van der Waals surface area contributed by atoms with Crippen LogP contribution < -0.4 is 19.7 Å². The Kier molecular flexibility index (Phi) is 5.88. The summed E-state index contributed by atoms with van der Waals surface area (Å²) in [7, 11) is 1.47. The molecule has 0 bridgehead atoms. The first-order chi connectivity index (χ1) is 14.3. The minimum Gasteiger partial charge on any atom is -0.493 e. The molecule has 1 aliphatic heterocycles. The van der Waals surface area contributed by atoms with Gasteiger partial charge in [-0.3, -0.25) is 14.9 Å². The molecule has 30 heavy (non-hydrogen) atoms. The summed E-state index contributed by atoms with van der Waals surface area (Å²) in [6.45, 7) is 3.78. The molecule has 0 saturated carbocycles. The fraction of sp³-hybridized carbons (Fsp3) is 0.174. The van der Waals surface area contributed by atoms with Gasteiger partial charge in [0.05, 0.1) is 12.8 Å². The molecule has 3 rings (SSSR count). The summed E-state index contributed by atoms with van der Waals surface area (Å²) in [6, 6.07) is 9.43. The highest BCUT2D eigenvalue weighted by atomic mass is 16.5. The van der Waals surface area contributed by atoms with Crippen LogP contribution in [0.15, 0.2) is 42.0 Å². The van der Waals surface area contributed by atoms with Gasteiger partial charge in [0.1, 0.15) is 12.2 Å². The number of hydrogen-bond acceptors (Lipinski definition) is 5. The monoisotopic (exact) mass is 404 g/mol. The van der Waals surface area contributed by atoms with Crippen molar-refractivity contribution in [1.82, 2.24) is 5.32 Å². The second-order valence-electron chi connectivity index (χ2n) is 6.65. The molecule has 1 saturated heterocycles. The molecule has 0 unspecified atom stereocenters. The van der Waals surface area contributed by atoms with Gasteiger partial charge in [-0.05, 0) is 49.2 Å². The van der Waals surface area contributed by atoms with Gasteiger partial charge in [0, 0.05) is 0 Å². The molecule has 0 atom stereocenters. The Balaban J connectivity index is 1.99. The van der Waals surface area contributed by atoms with Crippen LogP contribution in [-0.4, -0.2) is 31.6 Å². The summed E-state index contributed by atoms with van der Waals surface area (Å²) >= 11 is 0. The number of nitrogens with one attached hydrogen (secondary N) is 1. The van der Waals surface area contributed by atoms with E-state index < -0.39 is 17.8 Å². The summed E-state index contributed by atoms with van der Waals surface area (Å²) < 4.78 is 10.7. The molecule has 0 aromatic heterocycles. The average Bonchev–Trinajstić information content (AvgIpc) is 2.71. The van der Waals surface area contributed by atoms with E-state index in [-0.39, 0.29) is 12.2 Å². The Morgan fingerprint density at radius 3 is 2.53 bits per heavy atom. The first-order valence-electron chi connectivity index (χ1n) is 9.08. The number of methoxy groups -OCH3 is 1. The Bertz CT molecular complexity index is 1110. The molecular formula is C23H20N2O5. The number of anilines is 1. The van der Waals surface area contributed by atoms with Gasteiger partial charge in [-0.1, -0.05) is 29.7 Å². The molecule has 1 fully saturated rings. The number of terminal acetylenes is 1. The number of ether oxygens (including phenoxy) is 2. The van der Waals surface area contributed by atoms with E-state index in [1.165, 1.54) is 13.2 Å². The van der Waals surface area contributed by atoms with Crippen LogP contribution in [0.3, 0.4) is 0 Å². The van der Waals surface area contributed by atoms with Gasteiger partial charge >= 0.3 is 6.03 Å². The van der Waals surface area contributed by atoms with Gasteiger partial charge in [-0.15, -0.1) is 6.42 Å². The highest BCUT2D eigenvalue weighted by Crippen LogP contribution is 2.30. The SMILES string of the molecule is C#CCOc1ccc(/C=C2\C(=O)NC(=O)N(c3ccc(C)cc3C)C2=O)cc1OC. The van der Waals surface area contributed by atoms with E-state index in [9.17, 15) is 14.4 Å². The number of urea groups is 1. The number of carbonyl (C=O) groups is 3. The van der Waals surface area contributed by atoms with Gasteiger partial charge in [0.25, 0.3) is 11.8 Å². The lowest BCUT2D eigenvalue weighted by Crippen LogP contribution is -2.54. The fourth-order valence-electron chi connectivity index (χ4n) is 3.11. The molecule has 7 heteroatoms. The second-order valence-corrected chi connectivity index (χ2v) is 6.65. The zero-order chi connectivity index (χ0) is 21.8. The number of rotatable bonds is 5. The Labute approximate surface area is 174 Å². The van der Waals surface area contributed by atoms with E-state index in [4.69, 9.17) is 15.9 Å². The number of barbiturate groups is 1. The Hall–Kier alpha value is -4.05. The predicted molar refractivity (Wildman–Crippen MR) is 112 cm³/mol. The molecule has 1 N–H and O–H groups in total. The first-order valence-corrected chi connectivity index (χ1v) is 9.08. The minimum atomic E-state index is -0.787. The van der Waals surface area contributed by atoms with E-state index >= 15 is 0 Å². The average molecular weight is 404 g/mol. The van der Waals surface area contributed by atoms with Crippen molar-refractivity contribution < 1.29 is 23.9 Å². The Morgan fingerprint density at radius 1 is 1.10 bits per heavy atom. The van der Waals surface area contributed by atoms with Crippen molar-refractivity contribution in [3.05, 3.63) is 58.7 Å². The van der Waals surface area contributed by atoms with Crippen molar-refractivity contribution in [3.63, 3.8) is 0 Å². The van der Waals surface area contributed by atoms with Crippen LogP contribution in [0.5, 0.6) is 11.5 Å². The van der Waals surface area contributed by atoms with E-state index in [1.807, 2.05) is 13.0 Å². The third-order valence-electron chi connectivity index (χ3n) is 4.50. The van der Waals surface area contributed by atoms with Crippen LogP contribution in [0, 0.1) is 26.2 Å². The fourth-order valence-corrected chi connectivity index (χ4v) is 3.11. The number of imide groups is 2. The molecule has 0 aliphatic carbocycles. The summed E-state index contributed by atoms with van der Waals surface area (Å²) in [5.74, 6) is 1.72. The maximum atomic E-state index is 13.0. The van der Waals surface area contributed by atoms with Gasteiger partial charge in [-0.25, -0.2) is 9.69 Å². The van der Waals surface area contributed by atoms with Crippen LogP contribution in [0.25, 0.3) is 6.08 Å². The third kappa shape index (κ3) is 4.03.